The molecule has 0 aliphatic carbocycles. The first-order valence-corrected chi connectivity index (χ1v) is 7.57. The Morgan fingerprint density at radius 2 is 1.83 bits per heavy atom. The molecular formula is C18H12N6. The molecule has 6 heteroatoms. The van der Waals surface area contributed by atoms with E-state index in [9.17, 15) is 0 Å². The molecule has 2 N–H and O–H groups in total. The maximum absolute atomic E-state index is 4.49. The molecule has 0 saturated heterocycles. The molecule has 6 nitrogen and oxygen atoms in total. The Labute approximate surface area is 136 Å². The molecule has 0 aromatic carbocycles. The molecule has 5 aromatic heterocycles. The zero-order valence-corrected chi connectivity index (χ0v) is 12.6. The lowest BCUT2D eigenvalue weighted by atomic mass is 10.1. The van der Waals surface area contributed by atoms with E-state index in [0.717, 1.165) is 44.6 Å². The third kappa shape index (κ3) is 1.97. The number of hydrogen-bond donors (Lipinski definition) is 2. The van der Waals surface area contributed by atoms with E-state index in [1.165, 1.54) is 0 Å². The minimum absolute atomic E-state index is 0.857. The van der Waals surface area contributed by atoms with Crippen LogP contribution in [0.2, 0.25) is 0 Å². The smallest absolute Gasteiger partial charge is 0.116 e. The highest BCUT2D eigenvalue weighted by Gasteiger charge is 2.13. The van der Waals surface area contributed by atoms with Crippen LogP contribution in [0.15, 0.2) is 61.2 Å². The van der Waals surface area contributed by atoms with Crippen molar-refractivity contribution in [1.29, 1.82) is 0 Å². The number of nitrogens with zero attached hydrogens (tertiary/aromatic N) is 4. The van der Waals surface area contributed by atoms with Gasteiger partial charge in [0.1, 0.15) is 5.69 Å². The molecule has 5 rings (SSSR count). The molecule has 0 bridgehead atoms. The van der Waals surface area contributed by atoms with Crippen LogP contribution >= 0.6 is 0 Å². The summed E-state index contributed by atoms with van der Waals surface area (Å²) < 4.78 is 0. The fraction of sp³-hybridized carbons (Fsp3) is 0. The van der Waals surface area contributed by atoms with Crippen LogP contribution in [-0.4, -0.2) is 30.1 Å². The first kappa shape index (κ1) is 13.0. The zero-order valence-electron chi connectivity index (χ0n) is 12.6. The maximum Gasteiger partial charge on any atom is 0.116 e. The van der Waals surface area contributed by atoms with Crippen LogP contribution in [-0.2, 0) is 0 Å². The van der Waals surface area contributed by atoms with E-state index in [-0.39, 0.29) is 0 Å². The molecule has 0 unspecified atom stereocenters. The standard InChI is InChI=1S/C18H12N6/c1-3-11(9-19-5-1)14-7-12-17(10-21-14)23-24-18(12)16-8-15-13(22-16)4-2-6-20-15/h1-10,22H,(H,23,24). The molecule has 0 atom stereocenters. The van der Waals surface area contributed by atoms with Crippen molar-refractivity contribution in [3.63, 3.8) is 0 Å². The average Bonchev–Trinajstić information content (AvgIpc) is 3.25. The number of H-pyrrole nitrogens is 2. The number of nitrogens with one attached hydrogen (secondary N) is 2. The lowest BCUT2D eigenvalue weighted by Gasteiger charge is -2.00. The number of pyridine rings is 3. The summed E-state index contributed by atoms with van der Waals surface area (Å²) in [6.07, 6.45) is 7.14. The van der Waals surface area contributed by atoms with Crippen LogP contribution < -0.4 is 0 Å². The highest BCUT2D eigenvalue weighted by molar-refractivity contribution is 5.96. The summed E-state index contributed by atoms with van der Waals surface area (Å²) in [5.74, 6) is 0. The first-order valence-electron chi connectivity index (χ1n) is 7.57. The molecular weight excluding hydrogens is 300 g/mol. The lowest BCUT2D eigenvalue weighted by molar-refractivity contribution is 1.11. The lowest BCUT2D eigenvalue weighted by Crippen LogP contribution is -1.85. The van der Waals surface area contributed by atoms with Crippen molar-refractivity contribution in [3.05, 3.63) is 61.2 Å². The molecule has 5 heterocycles. The second-order valence-electron chi connectivity index (χ2n) is 5.55. The molecule has 114 valence electrons. The summed E-state index contributed by atoms with van der Waals surface area (Å²) in [7, 11) is 0. The van der Waals surface area contributed by atoms with Crippen LogP contribution in [0.3, 0.4) is 0 Å². The second kappa shape index (κ2) is 4.99. The van der Waals surface area contributed by atoms with E-state index in [1.54, 1.807) is 24.8 Å². The van der Waals surface area contributed by atoms with Crippen molar-refractivity contribution in [3.8, 4) is 22.6 Å². The maximum atomic E-state index is 4.49. The summed E-state index contributed by atoms with van der Waals surface area (Å²) in [5, 5.41) is 8.51. The van der Waals surface area contributed by atoms with Crippen molar-refractivity contribution < 1.29 is 0 Å². The highest BCUT2D eigenvalue weighted by atomic mass is 15.1. The summed E-state index contributed by atoms with van der Waals surface area (Å²) in [6, 6.07) is 11.9. The molecule has 0 radical (unpaired) electrons. The van der Waals surface area contributed by atoms with Crippen molar-refractivity contribution >= 4 is 21.9 Å². The summed E-state index contributed by atoms with van der Waals surface area (Å²) in [5.41, 5.74) is 6.44. The van der Waals surface area contributed by atoms with Gasteiger partial charge >= 0.3 is 0 Å². The van der Waals surface area contributed by atoms with Gasteiger partial charge < -0.3 is 4.98 Å². The van der Waals surface area contributed by atoms with Gasteiger partial charge in [-0.2, -0.15) is 5.10 Å². The Hall–Kier alpha value is -3.54. The fourth-order valence-electron chi connectivity index (χ4n) is 2.88. The van der Waals surface area contributed by atoms with Gasteiger partial charge in [-0.1, -0.05) is 0 Å². The molecule has 0 amide bonds. The van der Waals surface area contributed by atoms with Crippen LogP contribution in [0.25, 0.3) is 44.6 Å². The monoisotopic (exact) mass is 312 g/mol. The summed E-state index contributed by atoms with van der Waals surface area (Å²) in [6.45, 7) is 0. The Morgan fingerprint density at radius 3 is 2.71 bits per heavy atom. The Bertz CT molecular complexity index is 1120. The second-order valence-corrected chi connectivity index (χ2v) is 5.55. The fourth-order valence-corrected chi connectivity index (χ4v) is 2.88. The SMILES string of the molecule is c1cncc(-c2cc3c(-c4cc5ncccc5[nH]4)n[nH]c3cn2)c1. The molecule has 0 aliphatic heterocycles. The van der Waals surface area contributed by atoms with E-state index in [4.69, 9.17) is 0 Å². The van der Waals surface area contributed by atoms with Crippen molar-refractivity contribution in [2.24, 2.45) is 0 Å². The number of aromatic amines is 2. The number of rotatable bonds is 2. The Morgan fingerprint density at radius 1 is 0.875 bits per heavy atom. The molecule has 0 fully saturated rings. The van der Waals surface area contributed by atoms with Crippen LogP contribution in [0.1, 0.15) is 0 Å². The quantitative estimate of drug-likeness (QED) is 0.522. The normalized spacial score (nSPS) is 11.3. The molecule has 0 aliphatic rings. The average molecular weight is 312 g/mol. The van der Waals surface area contributed by atoms with Crippen molar-refractivity contribution in [2.75, 3.05) is 0 Å². The summed E-state index contributed by atoms with van der Waals surface area (Å²) >= 11 is 0. The largest absolute Gasteiger partial charge is 0.352 e. The third-order valence-electron chi connectivity index (χ3n) is 4.05. The molecule has 0 spiro atoms. The van der Waals surface area contributed by atoms with Gasteiger partial charge in [0.25, 0.3) is 0 Å². The van der Waals surface area contributed by atoms with Crippen molar-refractivity contribution in [2.45, 2.75) is 0 Å². The van der Waals surface area contributed by atoms with E-state index < -0.39 is 0 Å². The van der Waals surface area contributed by atoms with Crippen LogP contribution in [0.5, 0.6) is 0 Å². The van der Waals surface area contributed by atoms with Crippen LogP contribution in [0.4, 0.5) is 0 Å². The van der Waals surface area contributed by atoms with Gasteiger partial charge in [0.2, 0.25) is 0 Å². The molecule has 24 heavy (non-hydrogen) atoms. The van der Waals surface area contributed by atoms with Gasteiger partial charge in [-0.05, 0) is 36.4 Å². The third-order valence-corrected chi connectivity index (χ3v) is 4.05. The molecule has 0 saturated carbocycles. The predicted molar refractivity (Wildman–Crippen MR) is 92.2 cm³/mol. The van der Waals surface area contributed by atoms with Crippen molar-refractivity contribution in [1.82, 2.24) is 30.1 Å². The highest BCUT2D eigenvalue weighted by Crippen LogP contribution is 2.29. The van der Waals surface area contributed by atoms with Crippen LogP contribution in [0, 0.1) is 0 Å². The number of fused-ring (bicyclic) bond motifs is 2. The van der Waals surface area contributed by atoms with E-state index in [0.29, 0.717) is 0 Å². The van der Waals surface area contributed by atoms with E-state index >= 15 is 0 Å². The Balaban J connectivity index is 1.71. The minimum Gasteiger partial charge on any atom is -0.352 e. The number of aromatic nitrogens is 6. The van der Waals surface area contributed by atoms with Gasteiger partial charge in [0.05, 0.1) is 34.1 Å². The summed E-state index contributed by atoms with van der Waals surface area (Å²) in [4.78, 5) is 16.4. The van der Waals surface area contributed by atoms with Gasteiger partial charge in [0.15, 0.2) is 0 Å². The van der Waals surface area contributed by atoms with E-state index in [1.807, 2.05) is 36.4 Å². The Kier molecular flexibility index (Phi) is 2.69. The van der Waals surface area contributed by atoms with Gasteiger partial charge in [-0.15, -0.1) is 0 Å². The predicted octanol–water partition coefficient (Wildman–Crippen LogP) is 3.56. The first-order chi connectivity index (χ1) is 11.9. The minimum atomic E-state index is 0.857. The van der Waals surface area contributed by atoms with Gasteiger partial charge in [-0.25, -0.2) is 0 Å². The topological polar surface area (TPSA) is 83.1 Å². The van der Waals surface area contributed by atoms with Gasteiger partial charge in [0, 0.05) is 29.5 Å². The number of hydrogen-bond acceptors (Lipinski definition) is 4. The molecule has 5 aromatic rings. The van der Waals surface area contributed by atoms with E-state index in [2.05, 4.69) is 30.1 Å². The zero-order chi connectivity index (χ0) is 15.9. The van der Waals surface area contributed by atoms with Gasteiger partial charge in [-0.3, -0.25) is 20.1 Å².